The fourth-order valence-electron chi connectivity index (χ4n) is 4.54. The average molecular weight is 685 g/mol. The highest BCUT2D eigenvalue weighted by Crippen LogP contribution is 2.28. The molecular formula is C32H31BrClN3O5S. The molecule has 1 unspecified atom stereocenters. The Morgan fingerprint density at radius 3 is 2.19 bits per heavy atom. The number of ether oxygens (including phenoxy) is 1. The molecule has 1 atom stereocenters. The van der Waals surface area contributed by atoms with E-state index in [2.05, 4.69) is 21.2 Å². The second kappa shape index (κ2) is 14.5. The minimum Gasteiger partial charge on any atom is -0.497 e. The van der Waals surface area contributed by atoms with E-state index < -0.39 is 28.5 Å². The molecule has 0 radical (unpaired) electrons. The van der Waals surface area contributed by atoms with E-state index in [0.29, 0.717) is 10.8 Å². The normalized spacial score (nSPS) is 11.8. The average Bonchev–Trinajstić information content (AvgIpc) is 3.02. The summed E-state index contributed by atoms with van der Waals surface area (Å²) in [5.41, 5.74) is 1.83. The number of benzene rings is 4. The van der Waals surface area contributed by atoms with E-state index in [1.54, 1.807) is 18.2 Å². The lowest BCUT2D eigenvalue weighted by molar-refractivity contribution is -0.139. The van der Waals surface area contributed by atoms with Gasteiger partial charge < -0.3 is 15.0 Å². The highest BCUT2D eigenvalue weighted by Gasteiger charge is 2.34. The molecule has 1 N–H and O–H groups in total. The summed E-state index contributed by atoms with van der Waals surface area (Å²) in [6, 6.07) is 28.0. The summed E-state index contributed by atoms with van der Waals surface area (Å²) in [5, 5.41) is 2.98. The fourth-order valence-corrected chi connectivity index (χ4v) is 6.40. The summed E-state index contributed by atoms with van der Waals surface area (Å²) in [5.74, 6) is -0.453. The zero-order chi connectivity index (χ0) is 31.0. The van der Waals surface area contributed by atoms with Crippen LogP contribution in [-0.4, -0.2) is 51.9 Å². The Kier molecular flexibility index (Phi) is 10.8. The number of nitrogens with zero attached hydrogens (tertiary/aromatic N) is 2. The molecule has 0 fully saturated rings. The predicted octanol–water partition coefficient (Wildman–Crippen LogP) is 5.69. The first kappa shape index (κ1) is 32.1. The molecule has 4 aromatic carbocycles. The van der Waals surface area contributed by atoms with Crippen LogP contribution in [-0.2, 0) is 32.6 Å². The topological polar surface area (TPSA) is 96.0 Å². The van der Waals surface area contributed by atoms with Gasteiger partial charge in [0.05, 0.1) is 17.7 Å². The van der Waals surface area contributed by atoms with Crippen molar-refractivity contribution in [3.8, 4) is 5.75 Å². The molecule has 43 heavy (non-hydrogen) atoms. The number of carbonyl (C=O) groups is 2. The largest absolute Gasteiger partial charge is 0.497 e. The first-order chi connectivity index (χ1) is 20.6. The molecule has 0 aliphatic heterocycles. The lowest BCUT2D eigenvalue weighted by Gasteiger charge is -2.33. The zero-order valence-corrected chi connectivity index (χ0v) is 26.8. The quantitative estimate of drug-likeness (QED) is 0.207. The molecule has 0 aliphatic carbocycles. The highest BCUT2D eigenvalue weighted by molar-refractivity contribution is 9.10. The molecule has 0 spiro atoms. The van der Waals surface area contributed by atoms with Gasteiger partial charge in [-0.1, -0.05) is 76.1 Å². The monoisotopic (exact) mass is 683 g/mol. The minimum absolute atomic E-state index is 0.0346. The fraction of sp³-hybridized carbons (Fsp3) is 0.188. The van der Waals surface area contributed by atoms with Gasteiger partial charge in [-0.05, 0) is 65.7 Å². The number of likely N-dealkylation sites (N-methyl/N-ethyl adjacent to an activating group) is 1. The van der Waals surface area contributed by atoms with Gasteiger partial charge >= 0.3 is 0 Å². The lowest BCUT2D eigenvalue weighted by Crippen LogP contribution is -2.53. The van der Waals surface area contributed by atoms with E-state index in [9.17, 15) is 18.0 Å². The van der Waals surface area contributed by atoms with Crippen LogP contribution in [0.3, 0.4) is 0 Å². The summed E-state index contributed by atoms with van der Waals surface area (Å²) < 4.78 is 35.1. The highest BCUT2D eigenvalue weighted by atomic mass is 79.9. The molecule has 224 valence electrons. The molecule has 2 amide bonds. The van der Waals surface area contributed by atoms with E-state index in [0.717, 1.165) is 19.9 Å². The van der Waals surface area contributed by atoms with Crippen LogP contribution >= 0.6 is 27.5 Å². The van der Waals surface area contributed by atoms with Crippen LogP contribution < -0.4 is 14.4 Å². The predicted molar refractivity (Wildman–Crippen MR) is 172 cm³/mol. The lowest BCUT2D eigenvalue weighted by atomic mass is 10.0. The number of anilines is 1. The Morgan fingerprint density at radius 2 is 1.58 bits per heavy atom. The Labute approximate surface area is 265 Å². The van der Waals surface area contributed by atoms with Gasteiger partial charge in [-0.25, -0.2) is 8.42 Å². The van der Waals surface area contributed by atoms with E-state index in [-0.39, 0.29) is 29.5 Å². The van der Waals surface area contributed by atoms with Gasteiger partial charge in [0.15, 0.2) is 0 Å². The van der Waals surface area contributed by atoms with E-state index in [1.165, 1.54) is 49.4 Å². The van der Waals surface area contributed by atoms with Crippen LogP contribution in [0.2, 0.25) is 5.02 Å². The molecular weight excluding hydrogens is 654 g/mol. The molecule has 4 rings (SSSR count). The van der Waals surface area contributed by atoms with Crippen LogP contribution in [0.15, 0.2) is 112 Å². The number of rotatable bonds is 12. The molecule has 0 bridgehead atoms. The number of sulfonamides is 1. The summed E-state index contributed by atoms with van der Waals surface area (Å²) in [7, 11) is -1.25. The minimum atomic E-state index is -4.25. The van der Waals surface area contributed by atoms with Gasteiger partial charge in [0.2, 0.25) is 11.8 Å². The zero-order valence-electron chi connectivity index (χ0n) is 23.6. The maximum absolute atomic E-state index is 14.3. The molecule has 0 aromatic heterocycles. The smallest absolute Gasteiger partial charge is 0.264 e. The van der Waals surface area contributed by atoms with Crippen molar-refractivity contribution < 1.29 is 22.7 Å². The summed E-state index contributed by atoms with van der Waals surface area (Å²) in [4.78, 5) is 29.0. The molecule has 4 aromatic rings. The number of methoxy groups -OCH3 is 1. The Hall–Kier alpha value is -3.86. The Balaban J connectivity index is 1.78. The number of hydrogen-bond donors (Lipinski definition) is 1. The van der Waals surface area contributed by atoms with Crippen molar-refractivity contribution in [3.63, 3.8) is 0 Å². The first-order valence-electron chi connectivity index (χ1n) is 13.3. The van der Waals surface area contributed by atoms with Crippen LogP contribution in [0.5, 0.6) is 5.75 Å². The molecule has 0 saturated carbocycles. The van der Waals surface area contributed by atoms with Gasteiger partial charge in [0.25, 0.3) is 10.0 Å². The number of halogens is 2. The Morgan fingerprint density at radius 1 is 0.907 bits per heavy atom. The summed E-state index contributed by atoms with van der Waals surface area (Å²) in [6.45, 7) is -0.503. The van der Waals surface area contributed by atoms with Crippen molar-refractivity contribution in [3.05, 3.63) is 124 Å². The molecule has 8 nitrogen and oxygen atoms in total. The van der Waals surface area contributed by atoms with E-state index in [4.69, 9.17) is 16.3 Å². The maximum atomic E-state index is 14.3. The van der Waals surface area contributed by atoms with Crippen molar-refractivity contribution in [1.82, 2.24) is 10.2 Å². The van der Waals surface area contributed by atoms with Crippen molar-refractivity contribution in [2.45, 2.75) is 23.9 Å². The van der Waals surface area contributed by atoms with Crippen LogP contribution in [0.4, 0.5) is 5.69 Å². The summed E-state index contributed by atoms with van der Waals surface area (Å²) >= 11 is 9.68. The van der Waals surface area contributed by atoms with Crippen LogP contribution in [0.1, 0.15) is 11.1 Å². The third-order valence-electron chi connectivity index (χ3n) is 6.81. The summed E-state index contributed by atoms with van der Waals surface area (Å²) in [6.07, 6.45) is 0.227. The molecule has 11 heteroatoms. The SMILES string of the molecule is CNC(=O)C(Cc1ccccc1)N(Cc1ccc(Br)cc1)C(=O)CN(c1cccc(Cl)c1)S(=O)(=O)c1ccc(OC)cc1. The van der Waals surface area contributed by atoms with Gasteiger partial charge in [0, 0.05) is 29.5 Å². The number of carbonyl (C=O) groups excluding carboxylic acids is 2. The van der Waals surface area contributed by atoms with Crippen LogP contribution in [0, 0.1) is 0 Å². The van der Waals surface area contributed by atoms with E-state index in [1.807, 2.05) is 54.6 Å². The first-order valence-corrected chi connectivity index (χ1v) is 15.9. The molecule has 0 heterocycles. The van der Waals surface area contributed by atoms with Crippen LogP contribution in [0.25, 0.3) is 0 Å². The third kappa shape index (κ3) is 8.16. The van der Waals surface area contributed by atoms with E-state index >= 15 is 0 Å². The molecule has 0 aliphatic rings. The van der Waals surface area contributed by atoms with Gasteiger partial charge in [0.1, 0.15) is 18.3 Å². The second-order valence-electron chi connectivity index (χ2n) is 9.63. The van der Waals surface area contributed by atoms with Gasteiger partial charge in [-0.2, -0.15) is 0 Å². The van der Waals surface area contributed by atoms with Crippen molar-refractivity contribution in [2.75, 3.05) is 25.0 Å². The van der Waals surface area contributed by atoms with Gasteiger partial charge in [-0.15, -0.1) is 0 Å². The number of nitrogens with one attached hydrogen (secondary N) is 1. The standard InChI is InChI=1S/C32H31BrClN3O5S/c1-35-32(39)30(19-23-7-4-3-5-8-23)36(21-24-11-13-25(33)14-12-24)31(38)22-37(27-10-6-9-26(34)20-27)43(40,41)29-17-15-28(42-2)16-18-29/h3-18,20,30H,19,21-22H2,1-2H3,(H,35,39). The van der Waals surface area contributed by atoms with Gasteiger partial charge in [-0.3, -0.25) is 13.9 Å². The third-order valence-corrected chi connectivity index (χ3v) is 9.36. The molecule has 0 saturated heterocycles. The van der Waals surface area contributed by atoms with Crippen molar-refractivity contribution >= 4 is 55.1 Å². The van der Waals surface area contributed by atoms with Crippen molar-refractivity contribution in [1.29, 1.82) is 0 Å². The number of hydrogen-bond acceptors (Lipinski definition) is 5. The number of amides is 2. The Bertz CT molecular complexity index is 1650. The van der Waals surface area contributed by atoms with Crippen molar-refractivity contribution in [2.24, 2.45) is 0 Å². The maximum Gasteiger partial charge on any atom is 0.264 e. The second-order valence-corrected chi connectivity index (χ2v) is 12.8.